The average Bonchev–Trinajstić information content (AvgIpc) is 2.78. The molecule has 0 spiro atoms. The lowest BCUT2D eigenvalue weighted by molar-refractivity contribution is 0.0164. The van der Waals surface area contributed by atoms with E-state index < -0.39 is 11.6 Å². The molecule has 0 bridgehead atoms. The highest BCUT2D eigenvalue weighted by Crippen LogP contribution is 2.31. The van der Waals surface area contributed by atoms with Crippen molar-refractivity contribution in [2.45, 2.75) is 39.2 Å². The highest BCUT2D eigenvalue weighted by atomic mass is 79.9. The van der Waals surface area contributed by atoms with E-state index in [0.29, 0.717) is 47.1 Å². The van der Waals surface area contributed by atoms with Gasteiger partial charge in [0.25, 0.3) is 0 Å². The minimum atomic E-state index is -0.477. The number of methoxy groups -OCH3 is 1. The first-order chi connectivity index (χ1) is 15.6. The molecule has 0 saturated carbocycles. The van der Waals surface area contributed by atoms with Crippen LogP contribution in [0.5, 0.6) is 17.2 Å². The van der Waals surface area contributed by atoms with Crippen LogP contribution >= 0.6 is 15.9 Å². The standard InChI is InChI=1S/C25H30BrNO6/c1-25(2,3)33-24(29)27-13-11-17(12-14-27)16-31-19-6-8-20(9-7-19)32-22-10-5-18(15-21(22)26)23(28)30-4/h5-10,15,17H,11-14,16H2,1-4H3. The van der Waals surface area contributed by atoms with E-state index in [4.69, 9.17) is 18.9 Å². The number of amides is 1. The van der Waals surface area contributed by atoms with Crippen LogP contribution in [0.3, 0.4) is 0 Å². The van der Waals surface area contributed by atoms with Crippen molar-refractivity contribution < 1.29 is 28.5 Å². The molecule has 0 N–H and O–H groups in total. The SMILES string of the molecule is COC(=O)c1ccc(Oc2ccc(OCC3CCN(C(=O)OC(C)(C)C)CC3)cc2)c(Br)c1. The third-order valence-corrected chi connectivity index (χ3v) is 5.78. The van der Waals surface area contributed by atoms with E-state index in [1.165, 1.54) is 7.11 Å². The predicted molar refractivity (Wildman–Crippen MR) is 128 cm³/mol. The molecule has 7 nitrogen and oxygen atoms in total. The zero-order valence-corrected chi connectivity index (χ0v) is 21.0. The predicted octanol–water partition coefficient (Wildman–Crippen LogP) is 6.05. The Balaban J connectivity index is 1.46. The maximum atomic E-state index is 12.2. The highest BCUT2D eigenvalue weighted by molar-refractivity contribution is 9.10. The van der Waals surface area contributed by atoms with Crippen molar-refractivity contribution in [3.8, 4) is 17.2 Å². The van der Waals surface area contributed by atoms with Gasteiger partial charge in [0.1, 0.15) is 22.8 Å². The number of esters is 1. The highest BCUT2D eigenvalue weighted by Gasteiger charge is 2.27. The Hall–Kier alpha value is -2.74. The van der Waals surface area contributed by atoms with E-state index in [2.05, 4.69) is 15.9 Å². The van der Waals surface area contributed by atoms with Crippen LogP contribution in [0.2, 0.25) is 0 Å². The Morgan fingerprint density at radius 3 is 2.24 bits per heavy atom. The Morgan fingerprint density at radius 2 is 1.67 bits per heavy atom. The van der Waals surface area contributed by atoms with E-state index >= 15 is 0 Å². The van der Waals surface area contributed by atoms with E-state index in [9.17, 15) is 9.59 Å². The number of carbonyl (C=O) groups is 2. The molecule has 1 saturated heterocycles. The van der Waals surface area contributed by atoms with Crippen LogP contribution in [-0.4, -0.2) is 49.4 Å². The summed E-state index contributed by atoms with van der Waals surface area (Å²) < 4.78 is 22.7. The molecule has 0 atom stereocenters. The summed E-state index contributed by atoms with van der Waals surface area (Å²) in [6, 6.07) is 12.4. The van der Waals surface area contributed by atoms with E-state index in [-0.39, 0.29) is 6.09 Å². The van der Waals surface area contributed by atoms with Gasteiger partial charge < -0.3 is 23.8 Å². The summed E-state index contributed by atoms with van der Waals surface area (Å²) in [6.07, 6.45) is 1.52. The van der Waals surface area contributed by atoms with Crippen LogP contribution in [-0.2, 0) is 9.47 Å². The topological polar surface area (TPSA) is 74.3 Å². The Labute approximate surface area is 203 Å². The maximum absolute atomic E-state index is 12.2. The number of benzene rings is 2. The third kappa shape index (κ3) is 7.39. The fraction of sp³-hybridized carbons (Fsp3) is 0.440. The Kier molecular flexibility index (Phi) is 8.24. The maximum Gasteiger partial charge on any atom is 0.410 e. The van der Waals surface area contributed by atoms with Gasteiger partial charge in [-0.15, -0.1) is 0 Å². The summed E-state index contributed by atoms with van der Waals surface area (Å²) in [5.74, 6) is 1.99. The molecule has 178 valence electrons. The van der Waals surface area contributed by atoms with E-state index in [1.54, 1.807) is 23.1 Å². The second kappa shape index (κ2) is 10.9. The van der Waals surface area contributed by atoms with E-state index in [0.717, 1.165) is 18.6 Å². The number of hydrogen-bond donors (Lipinski definition) is 0. The van der Waals surface area contributed by atoms with Gasteiger partial charge in [0.2, 0.25) is 0 Å². The number of hydrogen-bond acceptors (Lipinski definition) is 6. The summed E-state index contributed by atoms with van der Waals surface area (Å²) in [5.41, 5.74) is -0.0346. The number of ether oxygens (including phenoxy) is 4. The molecule has 33 heavy (non-hydrogen) atoms. The van der Waals surface area contributed by atoms with Gasteiger partial charge in [0.05, 0.1) is 23.8 Å². The molecular formula is C25H30BrNO6. The molecule has 0 aliphatic carbocycles. The quantitative estimate of drug-likeness (QED) is 0.432. The number of rotatable bonds is 6. The van der Waals surface area contributed by atoms with Gasteiger partial charge in [-0.2, -0.15) is 0 Å². The average molecular weight is 520 g/mol. The number of likely N-dealkylation sites (tertiary alicyclic amines) is 1. The molecule has 0 unspecified atom stereocenters. The van der Waals surface area contributed by atoms with Crippen molar-refractivity contribution in [2.75, 3.05) is 26.8 Å². The molecular weight excluding hydrogens is 490 g/mol. The molecule has 3 rings (SSSR count). The minimum absolute atomic E-state index is 0.246. The molecule has 1 heterocycles. The van der Waals surface area contributed by atoms with Crippen LogP contribution < -0.4 is 9.47 Å². The lowest BCUT2D eigenvalue weighted by atomic mass is 9.98. The number of piperidine rings is 1. The third-order valence-electron chi connectivity index (χ3n) is 5.16. The molecule has 2 aromatic carbocycles. The smallest absolute Gasteiger partial charge is 0.410 e. The zero-order valence-electron chi connectivity index (χ0n) is 19.4. The largest absolute Gasteiger partial charge is 0.493 e. The summed E-state index contributed by atoms with van der Waals surface area (Å²) in [7, 11) is 1.34. The van der Waals surface area contributed by atoms with Crippen molar-refractivity contribution in [1.29, 1.82) is 0 Å². The second-order valence-electron chi connectivity index (χ2n) is 8.93. The van der Waals surface area contributed by atoms with Crippen molar-refractivity contribution >= 4 is 28.0 Å². The number of carbonyl (C=O) groups excluding carboxylic acids is 2. The first-order valence-electron chi connectivity index (χ1n) is 10.9. The number of nitrogens with zero attached hydrogens (tertiary/aromatic N) is 1. The van der Waals surface area contributed by atoms with Gasteiger partial charge in [-0.25, -0.2) is 9.59 Å². The molecule has 1 amide bonds. The van der Waals surface area contributed by atoms with Crippen molar-refractivity contribution in [2.24, 2.45) is 5.92 Å². The van der Waals surface area contributed by atoms with Crippen LogP contribution in [0.15, 0.2) is 46.9 Å². The Bertz CT molecular complexity index is 962. The minimum Gasteiger partial charge on any atom is -0.493 e. The normalized spacial score (nSPS) is 14.5. The van der Waals surface area contributed by atoms with Crippen molar-refractivity contribution in [3.05, 3.63) is 52.5 Å². The first kappa shape index (κ1) is 24.9. The van der Waals surface area contributed by atoms with Crippen molar-refractivity contribution in [1.82, 2.24) is 4.90 Å². The van der Waals surface area contributed by atoms with Gasteiger partial charge in [0, 0.05) is 13.1 Å². The molecule has 8 heteroatoms. The van der Waals surface area contributed by atoms with E-state index in [1.807, 2.05) is 45.0 Å². The van der Waals surface area contributed by atoms with Gasteiger partial charge >= 0.3 is 12.1 Å². The number of halogens is 1. The summed E-state index contributed by atoms with van der Waals surface area (Å²) in [4.78, 5) is 25.6. The lowest BCUT2D eigenvalue weighted by Crippen LogP contribution is -2.42. The van der Waals surface area contributed by atoms with Gasteiger partial charge in [0.15, 0.2) is 0 Å². The Morgan fingerprint density at radius 1 is 1.03 bits per heavy atom. The van der Waals surface area contributed by atoms with Crippen molar-refractivity contribution in [3.63, 3.8) is 0 Å². The summed E-state index contributed by atoms with van der Waals surface area (Å²) in [6.45, 7) is 7.59. The van der Waals surface area contributed by atoms with Crippen LogP contribution in [0, 0.1) is 5.92 Å². The summed E-state index contributed by atoms with van der Waals surface area (Å²) >= 11 is 3.42. The zero-order chi connectivity index (χ0) is 24.0. The van der Waals surface area contributed by atoms with Gasteiger partial charge in [-0.3, -0.25) is 0 Å². The van der Waals surface area contributed by atoms with Crippen LogP contribution in [0.1, 0.15) is 44.0 Å². The molecule has 1 aliphatic heterocycles. The molecule has 0 aromatic heterocycles. The van der Waals surface area contributed by atoms with Crippen LogP contribution in [0.4, 0.5) is 4.79 Å². The molecule has 0 radical (unpaired) electrons. The van der Waals surface area contributed by atoms with Crippen LogP contribution in [0.25, 0.3) is 0 Å². The monoisotopic (exact) mass is 519 g/mol. The lowest BCUT2D eigenvalue weighted by Gasteiger charge is -2.33. The van der Waals surface area contributed by atoms with Gasteiger partial charge in [-0.05, 0) is 97.9 Å². The fourth-order valence-corrected chi connectivity index (χ4v) is 3.84. The second-order valence-corrected chi connectivity index (χ2v) is 9.79. The fourth-order valence-electron chi connectivity index (χ4n) is 3.38. The molecule has 1 aliphatic rings. The molecule has 1 fully saturated rings. The summed E-state index contributed by atoms with van der Waals surface area (Å²) in [5, 5.41) is 0. The van der Waals surface area contributed by atoms with Gasteiger partial charge in [-0.1, -0.05) is 0 Å². The molecule has 2 aromatic rings. The first-order valence-corrected chi connectivity index (χ1v) is 11.7.